The van der Waals surface area contributed by atoms with Crippen LogP contribution in [0.15, 0.2) is 18.2 Å². The van der Waals surface area contributed by atoms with E-state index in [9.17, 15) is 4.79 Å². The maximum Gasteiger partial charge on any atom is 0.224 e. The normalized spacial score (nSPS) is 14.1. The standard InChI is InChI=1S/C15H24N2O/c1-10-6-7-14(11(2)8-10)13(4)17-15(18)12(3)9-16-5/h6-8,12-13,16H,9H2,1-5H3,(H,17,18). The predicted molar refractivity (Wildman–Crippen MR) is 75.6 cm³/mol. The Morgan fingerprint density at radius 2 is 1.94 bits per heavy atom. The first-order valence-corrected chi connectivity index (χ1v) is 6.47. The van der Waals surface area contributed by atoms with E-state index in [1.165, 1.54) is 16.7 Å². The third kappa shape index (κ3) is 3.84. The minimum absolute atomic E-state index is 0.0109. The molecule has 0 saturated carbocycles. The van der Waals surface area contributed by atoms with Gasteiger partial charge in [-0.2, -0.15) is 0 Å². The number of nitrogens with one attached hydrogen (secondary N) is 2. The van der Waals surface area contributed by atoms with Crippen molar-refractivity contribution >= 4 is 5.91 Å². The SMILES string of the molecule is CNCC(C)C(=O)NC(C)c1ccc(C)cc1C. The number of aryl methyl sites for hydroxylation is 2. The van der Waals surface area contributed by atoms with Crippen molar-refractivity contribution in [2.24, 2.45) is 5.92 Å². The van der Waals surface area contributed by atoms with E-state index in [1.807, 2.05) is 20.9 Å². The average Bonchev–Trinajstić information content (AvgIpc) is 2.28. The number of hydrogen-bond donors (Lipinski definition) is 2. The van der Waals surface area contributed by atoms with Crippen molar-refractivity contribution in [2.45, 2.75) is 33.7 Å². The first-order valence-electron chi connectivity index (χ1n) is 6.47. The topological polar surface area (TPSA) is 41.1 Å². The molecule has 0 aliphatic carbocycles. The summed E-state index contributed by atoms with van der Waals surface area (Å²) in [7, 11) is 1.86. The molecular formula is C15H24N2O. The molecule has 0 aliphatic rings. The van der Waals surface area contributed by atoms with Crippen molar-refractivity contribution in [2.75, 3.05) is 13.6 Å². The maximum absolute atomic E-state index is 11.9. The quantitative estimate of drug-likeness (QED) is 0.839. The summed E-state index contributed by atoms with van der Waals surface area (Å²) in [5, 5.41) is 6.08. The summed E-state index contributed by atoms with van der Waals surface area (Å²) in [6.07, 6.45) is 0. The molecule has 0 spiro atoms. The fourth-order valence-corrected chi connectivity index (χ4v) is 2.14. The Hall–Kier alpha value is -1.35. The van der Waals surface area contributed by atoms with Gasteiger partial charge in [0.2, 0.25) is 5.91 Å². The molecule has 0 radical (unpaired) electrons. The van der Waals surface area contributed by atoms with Gasteiger partial charge in [-0.3, -0.25) is 4.79 Å². The van der Waals surface area contributed by atoms with Gasteiger partial charge in [-0.25, -0.2) is 0 Å². The summed E-state index contributed by atoms with van der Waals surface area (Å²) >= 11 is 0. The molecule has 0 fully saturated rings. The Morgan fingerprint density at radius 3 is 2.50 bits per heavy atom. The molecule has 0 bridgehead atoms. The smallest absolute Gasteiger partial charge is 0.224 e. The third-order valence-electron chi connectivity index (χ3n) is 3.21. The van der Waals surface area contributed by atoms with Crippen molar-refractivity contribution < 1.29 is 4.79 Å². The molecule has 2 atom stereocenters. The summed E-state index contributed by atoms with van der Waals surface area (Å²) in [6, 6.07) is 6.38. The van der Waals surface area contributed by atoms with E-state index in [0.29, 0.717) is 6.54 Å². The van der Waals surface area contributed by atoms with Crippen molar-refractivity contribution in [1.82, 2.24) is 10.6 Å². The molecule has 0 aliphatic heterocycles. The molecule has 3 heteroatoms. The molecule has 1 aromatic rings. The number of rotatable bonds is 5. The predicted octanol–water partition coefficient (Wildman–Crippen LogP) is 2.34. The fraction of sp³-hybridized carbons (Fsp3) is 0.533. The summed E-state index contributed by atoms with van der Waals surface area (Å²) in [5.41, 5.74) is 3.66. The Bertz CT molecular complexity index is 415. The average molecular weight is 248 g/mol. The van der Waals surface area contributed by atoms with Gasteiger partial charge in [0.25, 0.3) is 0 Å². The van der Waals surface area contributed by atoms with Crippen LogP contribution in [0.5, 0.6) is 0 Å². The summed E-state index contributed by atoms with van der Waals surface area (Å²) in [6.45, 7) is 8.82. The zero-order valence-electron chi connectivity index (χ0n) is 12.0. The van der Waals surface area contributed by atoms with Crippen LogP contribution in [0.3, 0.4) is 0 Å². The van der Waals surface area contributed by atoms with Gasteiger partial charge in [-0.1, -0.05) is 30.7 Å². The zero-order valence-corrected chi connectivity index (χ0v) is 12.0. The molecule has 100 valence electrons. The molecule has 1 amide bonds. The molecule has 18 heavy (non-hydrogen) atoms. The van der Waals surface area contributed by atoms with Gasteiger partial charge in [-0.05, 0) is 38.9 Å². The first kappa shape index (κ1) is 14.7. The van der Waals surface area contributed by atoms with Crippen LogP contribution in [0.1, 0.15) is 36.6 Å². The lowest BCUT2D eigenvalue weighted by Gasteiger charge is -2.19. The van der Waals surface area contributed by atoms with E-state index >= 15 is 0 Å². The molecule has 2 N–H and O–H groups in total. The number of hydrogen-bond acceptors (Lipinski definition) is 2. The highest BCUT2D eigenvalue weighted by molar-refractivity contribution is 5.79. The van der Waals surface area contributed by atoms with Crippen LogP contribution in [0, 0.1) is 19.8 Å². The number of carbonyl (C=O) groups excluding carboxylic acids is 1. The molecule has 3 nitrogen and oxygen atoms in total. The Balaban J connectivity index is 2.70. The highest BCUT2D eigenvalue weighted by Crippen LogP contribution is 2.18. The lowest BCUT2D eigenvalue weighted by atomic mass is 9.99. The molecule has 1 aromatic carbocycles. The van der Waals surface area contributed by atoms with Crippen LogP contribution in [-0.2, 0) is 4.79 Å². The lowest BCUT2D eigenvalue weighted by Crippen LogP contribution is -2.36. The van der Waals surface area contributed by atoms with Gasteiger partial charge in [0.05, 0.1) is 6.04 Å². The van der Waals surface area contributed by atoms with Gasteiger partial charge in [0.15, 0.2) is 0 Å². The van der Waals surface area contributed by atoms with E-state index in [4.69, 9.17) is 0 Å². The molecule has 1 rings (SSSR count). The zero-order chi connectivity index (χ0) is 13.7. The monoisotopic (exact) mass is 248 g/mol. The van der Waals surface area contributed by atoms with Crippen LogP contribution in [0.4, 0.5) is 0 Å². The van der Waals surface area contributed by atoms with Gasteiger partial charge in [-0.15, -0.1) is 0 Å². The van der Waals surface area contributed by atoms with E-state index < -0.39 is 0 Å². The van der Waals surface area contributed by atoms with E-state index in [-0.39, 0.29) is 17.9 Å². The van der Waals surface area contributed by atoms with Crippen LogP contribution in [-0.4, -0.2) is 19.5 Å². The third-order valence-corrected chi connectivity index (χ3v) is 3.21. The second-order valence-corrected chi connectivity index (χ2v) is 5.05. The minimum atomic E-state index is -0.0109. The van der Waals surface area contributed by atoms with E-state index in [0.717, 1.165) is 0 Å². The van der Waals surface area contributed by atoms with Crippen molar-refractivity contribution in [1.29, 1.82) is 0 Å². The second-order valence-electron chi connectivity index (χ2n) is 5.05. The summed E-state index contributed by atoms with van der Waals surface area (Å²) in [5.74, 6) is 0.0834. The van der Waals surface area contributed by atoms with Gasteiger partial charge in [0.1, 0.15) is 0 Å². The van der Waals surface area contributed by atoms with Crippen LogP contribution in [0.25, 0.3) is 0 Å². The van der Waals surface area contributed by atoms with Gasteiger partial charge < -0.3 is 10.6 Å². The molecule has 0 saturated heterocycles. The van der Waals surface area contributed by atoms with Crippen molar-refractivity contribution in [3.8, 4) is 0 Å². The number of carbonyl (C=O) groups is 1. The number of benzene rings is 1. The number of amides is 1. The van der Waals surface area contributed by atoms with Crippen molar-refractivity contribution in [3.63, 3.8) is 0 Å². The molecule has 0 aromatic heterocycles. The van der Waals surface area contributed by atoms with E-state index in [2.05, 4.69) is 42.7 Å². The summed E-state index contributed by atoms with van der Waals surface area (Å²) in [4.78, 5) is 11.9. The minimum Gasteiger partial charge on any atom is -0.349 e. The van der Waals surface area contributed by atoms with Crippen molar-refractivity contribution in [3.05, 3.63) is 34.9 Å². The Morgan fingerprint density at radius 1 is 1.28 bits per heavy atom. The molecular weight excluding hydrogens is 224 g/mol. The Labute approximate surface area is 110 Å². The lowest BCUT2D eigenvalue weighted by molar-refractivity contribution is -0.125. The molecule has 0 heterocycles. The first-order chi connectivity index (χ1) is 8.45. The second kappa shape index (κ2) is 6.55. The van der Waals surface area contributed by atoms with Crippen LogP contribution < -0.4 is 10.6 Å². The van der Waals surface area contributed by atoms with Crippen LogP contribution in [0.2, 0.25) is 0 Å². The van der Waals surface area contributed by atoms with E-state index in [1.54, 1.807) is 0 Å². The van der Waals surface area contributed by atoms with Gasteiger partial charge >= 0.3 is 0 Å². The highest BCUT2D eigenvalue weighted by atomic mass is 16.1. The Kier molecular flexibility index (Phi) is 5.35. The van der Waals surface area contributed by atoms with Crippen LogP contribution >= 0.6 is 0 Å². The largest absolute Gasteiger partial charge is 0.349 e. The highest BCUT2D eigenvalue weighted by Gasteiger charge is 2.16. The summed E-state index contributed by atoms with van der Waals surface area (Å²) < 4.78 is 0. The fourth-order valence-electron chi connectivity index (χ4n) is 2.14. The maximum atomic E-state index is 11.9. The van der Waals surface area contributed by atoms with Gasteiger partial charge in [0, 0.05) is 12.5 Å². The molecule has 2 unspecified atom stereocenters.